The van der Waals surface area contributed by atoms with E-state index >= 15 is 0 Å². The first-order chi connectivity index (χ1) is 13.4. The molecule has 2 aromatic rings. The average Bonchev–Trinajstić information content (AvgIpc) is 3.11. The molecule has 0 saturated carbocycles. The minimum absolute atomic E-state index is 0.158. The summed E-state index contributed by atoms with van der Waals surface area (Å²) in [6.45, 7) is 0. The number of hydrogen-bond acceptors (Lipinski definition) is 5. The molecule has 1 aromatic carbocycles. The molecule has 6 nitrogen and oxygen atoms in total. The number of carbonyl (C=O) groups excluding carboxylic acids is 2. The van der Waals surface area contributed by atoms with Gasteiger partial charge in [0, 0.05) is 10.9 Å². The normalized spacial score (nSPS) is 18.5. The Balaban J connectivity index is 1.92. The van der Waals surface area contributed by atoms with Crippen molar-refractivity contribution in [3.63, 3.8) is 0 Å². The van der Waals surface area contributed by atoms with E-state index in [2.05, 4.69) is 5.32 Å². The Hall–Kier alpha value is -3.00. The zero-order chi connectivity index (χ0) is 20.3. The highest BCUT2D eigenvalue weighted by Gasteiger charge is 2.35. The fourth-order valence-corrected chi connectivity index (χ4v) is 4.14. The number of methoxy groups -OCH3 is 1. The molecule has 8 heteroatoms. The van der Waals surface area contributed by atoms with Gasteiger partial charge in [-0.15, -0.1) is 11.3 Å². The van der Waals surface area contributed by atoms with E-state index in [9.17, 15) is 23.9 Å². The van der Waals surface area contributed by atoms with Gasteiger partial charge in [-0.05, 0) is 30.5 Å². The molecule has 1 heterocycles. The van der Waals surface area contributed by atoms with Gasteiger partial charge < -0.3 is 15.2 Å². The van der Waals surface area contributed by atoms with Gasteiger partial charge in [0.2, 0.25) is 5.91 Å². The largest absolute Gasteiger partial charge is 0.481 e. The number of rotatable bonds is 5. The third kappa shape index (κ3) is 3.96. The summed E-state index contributed by atoms with van der Waals surface area (Å²) in [5.41, 5.74) is 1.26. The predicted molar refractivity (Wildman–Crippen MR) is 103 cm³/mol. The van der Waals surface area contributed by atoms with E-state index < -0.39 is 35.5 Å². The minimum Gasteiger partial charge on any atom is -0.481 e. The average molecular weight is 403 g/mol. The summed E-state index contributed by atoms with van der Waals surface area (Å²) >= 11 is 1.13. The lowest BCUT2D eigenvalue weighted by Crippen LogP contribution is -2.34. The van der Waals surface area contributed by atoms with E-state index in [1.165, 1.54) is 31.4 Å². The Morgan fingerprint density at radius 1 is 1.14 bits per heavy atom. The van der Waals surface area contributed by atoms with Gasteiger partial charge in [-0.25, -0.2) is 9.18 Å². The highest BCUT2D eigenvalue weighted by molar-refractivity contribution is 7.15. The van der Waals surface area contributed by atoms with Gasteiger partial charge in [-0.1, -0.05) is 24.3 Å². The van der Waals surface area contributed by atoms with Crippen molar-refractivity contribution in [2.45, 2.75) is 12.8 Å². The maximum absolute atomic E-state index is 13.2. The van der Waals surface area contributed by atoms with Crippen molar-refractivity contribution in [1.82, 2.24) is 0 Å². The van der Waals surface area contributed by atoms with Gasteiger partial charge in [-0.3, -0.25) is 9.59 Å². The number of thiophene rings is 1. The minimum atomic E-state index is -1.03. The van der Waals surface area contributed by atoms with Crippen LogP contribution in [0.5, 0.6) is 0 Å². The zero-order valence-corrected chi connectivity index (χ0v) is 15.8. The molecular formula is C20H18FNO5S. The van der Waals surface area contributed by atoms with E-state index in [-0.39, 0.29) is 17.0 Å². The molecule has 2 N–H and O–H groups in total. The number of hydrogen-bond donors (Lipinski definition) is 2. The number of nitrogens with one attached hydrogen (secondary N) is 1. The van der Waals surface area contributed by atoms with Gasteiger partial charge in [0.05, 0.1) is 18.9 Å². The molecule has 0 radical (unpaired) electrons. The molecule has 0 fully saturated rings. The number of halogens is 1. The fourth-order valence-electron chi connectivity index (χ4n) is 3.18. The first kappa shape index (κ1) is 19.8. The lowest BCUT2D eigenvalue weighted by atomic mass is 9.82. The fraction of sp³-hybridized carbons (Fsp3) is 0.250. The molecule has 2 atom stereocenters. The molecule has 1 amide bonds. The number of anilines is 1. The molecular weight excluding hydrogens is 385 g/mol. The van der Waals surface area contributed by atoms with Crippen LogP contribution in [0.15, 0.2) is 41.8 Å². The quantitative estimate of drug-likeness (QED) is 0.583. The molecule has 1 aliphatic carbocycles. The molecule has 0 bridgehead atoms. The van der Waals surface area contributed by atoms with Crippen LogP contribution in [0.3, 0.4) is 0 Å². The van der Waals surface area contributed by atoms with E-state index in [4.69, 9.17) is 4.74 Å². The first-order valence-electron chi connectivity index (χ1n) is 8.56. The third-order valence-electron chi connectivity index (χ3n) is 4.66. The predicted octanol–water partition coefficient (Wildman–Crippen LogP) is 3.95. The standard InChI is InChI=1S/C20H18FNO5S/c1-27-20(26)16-15(11-6-8-12(21)9-7-11)10-28-18(16)22-17(23)13-4-2-3-5-14(13)19(24)25/h2-3,6-10,13-14H,4-5H2,1H3,(H,22,23)(H,24,25)/t13-,14+/m1/s1. The van der Waals surface area contributed by atoms with Crippen LogP contribution in [0.2, 0.25) is 0 Å². The van der Waals surface area contributed by atoms with Gasteiger partial charge >= 0.3 is 11.9 Å². The molecule has 1 aromatic heterocycles. The second-order valence-corrected chi connectivity index (χ2v) is 7.21. The summed E-state index contributed by atoms with van der Waals surface area (Å²) in [4.78, 5) is 36.5. The summed E-state index contributed by atoms with van der Waals surface area (Å²) in [5, 5.41) is 14.0. The van der Waals surface area contributed by atoms with Crippen molar-refractivity contribution in [3.8, 4) is 11.1 Å². The number of benzene rings is 1. The van der Waals surface area contributed by atoms with Crippen LogP contribution in [0.4, 0.5) is 9.39 Å². The summed E-state index contributed by atoms with van der Waals surface area (Å²) in [6, 6.07) is 5.61. The van der Waals surface area contributed by atoms with Crippen LogP contribution in [0.1, 0.15) is 23.2 Å². The van der Waals surface area contributed by atoms with Crippen molar-refractivity contribution in [1.29, 1.82) is 0 Å². The van der Waals surface area contributed by atoms with Crippen LogP contribution < -0.4 is 5.32 Å². The van der Waals surface area contributed by atoms with Crippen molar-refractivity contribution < 1.29 is 28.6 Å². The Kier molecular flexibility index (Phi) is 5.89. The SMILES string of the molecule is COC(=O)c1c(-c2ccc(F)cc2)csc1NC(=O)[C@@H]1CC=CC[C@@H]1C(=O)O. The van der Waals surface area contributed by atoms with E-state index in [1.54, 1.807) is 17.5 Å². The third-order valence-corrected chi connectivity index (χ3v) is 5.55. The molecule has 3 rings (SSSR count). The number of allylic oxidation sites excluding steroid dienone is 2. The first-order valence-corrected chi connectivity index (χ1v) is 9.44. The lowest BCUT2D eigenvalue weighted by Gasteiger charge is -2.24. The van der Waals surface area contributed by atoms with Crippen LogP contribution in [-0.4, -0.2) is 30.1 Å². The van der Waals surface area contributed by atoms with E-state index in [0.29, 0.717) is 17.5 Å². The topological polar surface area (TPSA) is 92.7 Å². The highest BCUT2D eigenvalue weighted by atomic mass is 32.1. The molecule has 1 aliphatic rings. The van der Waals surface area contributed by atoms with Crippen LogP contribution in [0.25, 0.3) is 11.1 Å². The lowest BCUT2D eigenvalue weighted by molar-refractivity contribution is -0.146. The van der Waals surface area contributed by atoms with Crippen molar-refractivity contribution in [2.75, 3.05) is 12.4 Å². The summed E-state index contributed by atoms with van der Waals surface area (Å²) in [7, 11) is 1.23. The number of esters is 1. The molecule has 0 aliphatic heterocycles. The number of carbonyl (C=O) groups is 3. The number of aliphatic carboxylic acids is 1. The van der Waals surface area contributed by atoms with Crippen molar-refractivity contribution in [2.24, 2.45) is 11.8 Å². The second-order valence-electron chi connectivity index (χ2n) is 6.34. The highest BCUT2D eigenvalue weighted by Crippen LogP contribution is 2.37. The maximum atomic E-state index is 13.2. The number of amides is 1. The van der Waals surface area contributed by atoms with Gasteiger partial charge in [0.25, 0.3) is 0 Å². The van der Waals surface area contributed by atoms with E-state index in [0.717, 1.165) is 11.3 Å². The molecule has 0 saturated heterocycles. The van der Waals surface area contributed by atoms with Crippen molar-refractivity contribution >= 4 is 34.2 Å². The Morgan fingerprint density at radius 3 is 2.39 bits per heavy atom. The van der Waals surface area contributed by atoms with Gasteiger partial charge in [0.1, 0.15) is 16.4 Å². The number of carboxylic acids is 1. The van der Waals surface area contributed by atoms with Gasteiger partial charge in [0.15, 0.2) is 0 Å². The van der Waals surface area contributed by atoms with Crippen LogP contribution in [-0.2, 0) is 14.3 Å². The Morgan fingerprint density at radius 2 is 1.79 bits per heavy atom. The molecule has 146 valence electrons. The molecule has 0 spiro atoms. The van der Waals surface area contributed by atoms with Crippen molar-refractivity contribution in [3.05, 3.63) is 53.2 Å². The summed E-state index contributed by atoms with van der Waals surface area (Å²) in [6.07, 6.45) is 4.12. The monoisotopic (exact) mass is 403 g/mol. The second kappa shape index (κ2) is 8.35. The maximum Gasteiger partial charge on any atom is 0.341 e. The summed E-state index contributed by atoms with van der Waals surface area (Å²) in [5.74, 6) is -4.09. The molecule has 28 heavy (non-hydrogen) atoms. The zero-order valence-electron chi connectivity index (χ0n) is 15.0. The molecule has 0 unspecified atom stereocenters. The Bertz CT molecular complexity index is 935. The van der Waals surface area contributed by atoms with Gasteiger partial charge in [-0.2, -0.15) is 0 Å². The smallest absolute Gasteiger partial charge is 0.341 e. The van der Waals surface area contributed by atoms with Crippen LogP contribution >= 0.6 is 11.3 Å². The van der Waals surface area contributed by atoms with E-state index in [1.807, 2.05) is 0 Å². The Labute approximate surface area is 164 Å². The summed E-state index contributed by atoms with van der Waals surface area (Å²) < 4.78 is 18.1. The van der Waals surface area contributed by atoms with Crippen LogP contribution in [0, 0.1) is 17.7 Å². The number of ether oxygens (including phenoxy) is 1. The number of carboxylic acid groups (broad SMARTS) is 1.